The van der Waals surface area contributed by atoms with E-state index in [0.717, 1.165) is 17.0 Å². The molecule has 1 aromatic rings. The Morgan fingerprint density at radius 2 is 2.05 bits per heavy atom. The van der Waals surface area contributed by atoms with Gasteiger partial charge in [-0.1, -0.05) is 29.4 Å². The minimum Gasteiger partial charge on any atom is -0.508 e. The summed E-state index contributed by atoms with van der Waals surface area (Å²) in [6.45, 7) is 6.65. The predicted octanol–water partition coefficient (Wildman–Crippen LogP) is 4.16. The molecule has 0 aliphatic carbocycles. The molecule has 0 unspecified atom stereocenters. The number of phenols is 1. The van der Waals surface area contributed by atoms with Crippen LogP contribution >= 0.6 is 23.2 Å². The minimum atomic E-state index is 0. The molecule has 1 aromatic carbocycles. The van der Waals surface area contributed by atoms with Gasteiger partial charge >= 0.3 is 0 Å². The largest absolute Gasteiger partial charge is 0.508 e. The number of aromatic hydroxyl groups is 1. The maximum Gasteiger partial charge on any atom is 0.114 e. The molecule has 1 aliphatic heterocycles. The third kappa shape index (κ3) is 3.43. The van der Waals surface area contributed by atoms with Crippen LogP contribution in [0.3, 0.4) is 0 Å². The molecule has 1 heterocycles. The molecular weight excluding hydrogens is 358 g/mol. The number of benzene rings is 1. The van der Waals surface area contributed by atoms with Crippen molar-refractivity contribution in [3.8, 4) is 5.75 Å². The first-order valence-corrected chi connectivity index (χ1v) is 6.25. The van der Waals surface area contributed by atoms with Crippen molar-refractivity contribution in [2.75, 3.05) is 6.54 Å². The van der Waals surface area contributed by atoms with E-state index in [0.29, 0.717) is 16.6 Å². The first-order chi connectivity index (χ1) is 8.54. The van der Waals surface area contributed by atoms with E-state index in [1.165, 1.54) is 6.07 Å². The number of hydrogen-bond acceptors (Lipinski definition) is 2. The first kappa shape index (κ1) is 16.8. The molecule has 2 rings (SSSR count). The van der Waals surface area contributed by atoms with E-state index in [9.17, 15) is 5.11 Å². The van der Waals surface area contributed by atoms with Crippen LogP contribution in [0, 0.1) is 6.08 Å². The van der Waals surface area contributed by atoms with Crippen LogP contribution in [-0.4, -0.2) is 16.6 Å². The summed E-state index contributed by atoms with van der Waals surface area (Å²) in [6.07, 6.45) is 4.77. The Labute approximate surface area is 148 Å². The van der Waals surface area contributed by atoms with Gasteiger partial charge in [-0.25, -0.2) is 0 Å². The van der Waals surface area contributed by atoms with Gasteiger partial charge in [0.1, 0.15) is 5.75 Å². The summed E-state index contributed by atoms with van der Waals surface area (Å²) in [5.41, 5.74) is 2.31. The van der Waals surface area contributed by atoms with Crippen LogP contribution < -0.4 is 0 Å². The van der Waals surface area contributed by atoms with Gasteiger partial charge in [0.05, 0.1) is 0 Å². The maximum absolute atomic E-state index is 9.37. The molecule has 0 bridgehead atoms. The summed E-state index contributed by atoms with van der Waals surface area (Å²) < 4.78 is 0. The second kappa shape index (κ2) is 6.94. The first-order valence-electron chi connectivity index (χ1n) is 5.49. The fourth-order valence-corrected chi connectivity index (χ4v) is 2.25. The normalized spacial score (nSPS) is 14.7. The van der Waals surface area contributed by atoms with E-state index < -0.39 is 0 Å². The molecule has 0 saturated heterocycles. The summed E-state index contributed by atoms with van der Waals surface area (Å²) in [7, 11) is 0. The third-order valence-corrected chi connectivity index (χ3v) is 3.37. The second-order valence-corrected chi connectivity index (χ2v) is 4.65. The zero-order valence-electron chi connectivity index (χ0n) is 10.5. The molecular formula is C14H12Cl2NOY-. The van der Waals surface area contributed by atoms with Crippen LogP contribution in [0.2, 0.25) is 5.02 Å². The van der Waals surface area contributed by atoms with Crippen LogP contribution in [0.1, 0.15) is 12.5 Å². The molecule has 0 saturated carbocycles. The number of hydrogen-bond donors (Lipinski definition) is 1. The van der Waals surface area contributed by atoms with Crippen molar-refractivity contribution in [1.82, 2.24) is 4.90 Å². The second-order valence-electron chi connectivity index (χ2n) is 3.84. The van der Waals surface area contributed by atoms with Gasteiger partial charge in [-0.05, 0) is 34.8 Å². The zero-order chi connectivity index (χ0) is 13.3. The molecule has 0 amide bonds. The molecule has 1 radical (unpaired) electrons. The van der Waals surface area contributed by atoms with E-state index in [-0.39, 0.29) is 38.5 Å². The molecule has 0 spiro atoms. The van der Waals surface area contributed by atoms with Crippen molar-refractivity contribution in [3.63, 3.8) is 0 Å². The van der Waals surface area contributed by atoms with E-state index in [4.69, 9.17) is 23.2 Å². The van der Waals surface area contributed by atoms with Gasteiger partial charge in [0.25, 0.3) is 0 Å². The summed E-state index contributed by atoms with van der Waals surface area (Å²) >= 11 is 12.2. The van der Waals surface area contributed by atoms with Crippen LogP contribution in [0.5, 0.6) is 5.75 Å². The number of likely N-dealkylation sites (N-methyl/N-ethyl adjacent to an activating group) is 1. The fourth-order valence-electron chi connectivity index (χ4n) is 1.83. The number of nitrogens with zero attached hydrogens (tertiary/aromatic N) is 1. The number of allylic oxidation sites excluding steroid dienone is 3. The van der Waals surface area contributed by atoms with Gasteiger partial charge in [0.2, 0.25) is 0 Å². The summed E-state index contributed by atoms with van der Waals surface area (Å²) in [5, 5.41) is 10.4. The monoisotopic (exact) mass is 369 g/mol. The van der Waals surface area contributed by atoms with Gasteiger partial charge < -0.3 is 10.0 Å². The van der Waals surface area contributed by atoms with Crippen LogP contribution in [0.4, 0.5) is 0 Å². The molecule has 1 N–H and O–H groups in total. The number of halogens is 2. The van der Waals surface area contributed by atoms with Crippen LogP contribution in [0.15, 0.2) is 41.6 Å². The summed E-state index contributed by atoms with van der Waals surface area (Å²) in [4.78, 5) is 1.93. The molecule has 19 heavy (non-hydrogen) atoms. The van der Waals surface area contributed by atoms with Crippen LogP contribution in [-0.2, 0) is 32.7 Å². The smallest absolute Gasteiger partial charge is 0.114 e. The molecule has 97 valence electrons. The minimum absolute atomic E-state index is 0. The molecule has 0 atom stereocenters. The Kier molecular flexibility index (Phi) is 6.13. The van der Waals surface area contributed by atoms with Crippen molar-refractivity contribution in [2.45, 2.75) is 6.92 Å². The van der Waals surface area contributed by atoms with E-state index in [2.05, 4.69) is 12.7 Å². The molecule has 2 nitrogen and oxygen atoms in total. The quantitative estimate of drug-likeness (QED) is 0.791. The Morgan fingerprint density at radius 3 is 2.63 bits per heavy atom. The van der Waals surface area contributed by atoms with Gasteiger partial charge in [-0.15, -0.1) is 6.07 Å². The number of rotatable bonds is 2. The van der Waals surface area contributed by atoms with Crippen molar-refractivity contribution in [1.29, 1.82) is 0 Å². The van der Waals surface area contributed by atoms with E-state index in [1.807, 2.05) is 11.8 Å². The Bertz CT molecular complexity index is 567. The predicted molar refractivity (Wildman–Crippen MR) is 75.2 cm³/mol. The Morgan fingerprint density at radius 1 is 1.37 bits per heavy atom. The van der Waals surface area contributed by atoms with Crippen molar-refractivity contribution >= 4 is 28.9 Å². The Balaban J connectivity index is 0.00000180. The van der Waals surface area contributed by atoms with Gasteiger partial charge in [-0.2, -0.15) is 23.8 Å². The molecule has 0 aromatic heterocycles. The average molecular weight is 370 g/mol. The Hall–Kier alpha value is -0.276. The van der Waals surface area contributed by atoms with Gasteiger partial charge in [-0.3, -0.25) is 0 Å². The van der Waals surface area contributed by atoms with Gasteiger partial charge in [0, 0.05) is 39.3 Å². The van der Waals surface area contributed by atoms with Crippen LogP contribution in [0.25, 0.3) is 5.70 Å². The molecule has 1 aliphatic rings. The third-order valence-electron chi connectivity index (χ3n) is 2.73. The molecule has 5 heteroatoms. The average Bonchev–Trinajstić information content (AvgIpc) is 2.33. The van der Waals surface area contributed by atoms with Crippen molar-refractivity contribution in [2.24, 2.45) is 0 Å². The SMILES string of the molecule is C=C1C(Cl)=C[C-]=C(c2ccc(O)cc2Cl)N1CC.[Y]. The maximum atomic E-state index is 9.37. The molecule has 0 fully saturated rings. The van der Waals surface area contributed by atoms with Gasteiger partial charge in [0.15, 0.2) is 0 Å². The van der Waals surface area contributed by atoms with Crippen molar-refractivity contribution in [3.05, 3.63) is 58.2 Å². The zero-order valence-corrected chi connectivity index (χ0v) is 14.8. The van der Waals surface area contributed by atoms with E-state index >= 15 is 0 Å². The van der Waals surface area contributed by atoms with E-state index in [1.54, 1.807) is 18.2 Å². The summed E-state index contributed by atoms with van der Waals surface area (Å²) in [5.74, 6) is 0.135. The fraction of sp³-hybridized carbons (Fsp3) is 0.143. The van der Waals surface area contributed by atoms with Crippen molar-refractivity contribution < 1.29 is 37.8 Å². The summed E-state index contributed by atoms with van der Waals surface area (Å²) in [6, 6.07) is 4.84. The standard InChI is InChI=1S/C14H12Cl2NO.Y/c1-3-17-9(2)12(15)6-7-14(17)11-5-4-10(18)8-13(11)16;/h4-6,8,18H,2-3H2,1H3;/q-1;. The number of phenolic OH excluding ortho intramolecular Hbond substituents is 1. The topological polar surface area (TPSA) is 23.5 Å².